The second-order valence-corrected chi connectivity index (χ2v) is 8.41. The Morgan fingerprint density at radius 1 is 1.30 bits per heavy atom. The fourth-order valence-corrected chi connectivity index (χ4v) is 4.62. The zero-order chi connectivity index (χ0) is 19.6. The van der Waals surface area contributed by atoms with Gasteiger partial charge in [0, 0.05) is 17.2 Å². The average Bonchev–Trinajstić information content (AvgIpc) is 2.86. The number of anilines is 1. The van der Waals surface area contributed by atoms with Crippen molar-refractivity contribution in [2.45, 2.75) is 46.7 Å². The number of carbonyl (C=O) groups is 1. The minimum Gasteiger partial charge on any atom is -0.481 e. The molecular formula is C20H24N4O3. The molecule has 1 saturated carbocycles. The van der Waals surface area contributed by atoms with E-state index in [1.807, 2.05) is 45.0 Å². The van der Waals surface area contributed by atoms with Gasteiger partial charge in [-0.2, -0.15) is 10.1 Å². The summed E-state index contributed by atoms with van der Waals surface area (Å²) in [4.78, 5) is 28.5. The first-order valence-corrected chi connectivity index (χ1v) is 9.23. The second-order valence-electron chi connectivity index (χ2n) is 8.41. The lowest BCUT2D eigenvalue weighted by atomic mass is 9.65. The monoisotopic (exact) mass is 368 g/mol. The summed E-state index contributed by atoms with van der Waals surface area (Å²) in [6, 6.07) is 7.70. The molecule has 27 heavy (non-hydrogen) atoms. The van der Waals surface area contributed by atoms with Crippen molar-refractivity contribution in [1.82, 2.24) is 14.8 Å². The van der Waals surface area contributed by atoms with Crippen LogP contribution in [0.25, 0.3) is 11.4 Å². The minimum atomic E-state index is -0.821. The molecule has 142 valence electrons. The number of nitrogens with one attached hydrogen (secondary N) is 1. The number of hydrogen-bond acceptors (Lipinski definition) is 5. The van der Waals surface area contributed by atoms with E-state index < -0.39 is 16.8 Å². The largest absolute Gasteiger partial charge is 0.481 e. The van der Waals surface area contributed by atoms with Gasteiger partial charge < -0.3 is 10.4 Å². The molecule has 2 aliphatic rings. The van der Waals surface area contributed by atoms with Crippen molar-refractivity contribution in [1.29, 1.82) is 0 Å². The van der Waals surface area contributed by atoms with Crippen molar-refractivity contribution in [3.05, 3.63) is 40.3 Å². The van der Waals surface area contributed by atoms with E-state index in [-0.39, 0.29) is 17.6 Å². The van der Waals surface area contributed by atoms with Gasteiger partial charge in [0.05, 0.1) is 5.41 Å². The molecular weight excluding hydrogens is 344 g/mol. The number of aryl methyl sites for hydroxylation is 1. The summed E-state index contributed by atoms with van der Waals surface area (Å²) in [5, 5.41) is 17.9. The van der Waals surface area contributed by atoms with Crippen LogP contribution in [0.4, 0.5) is 5.69 Å². The minimum absolute atomic E-state index is 0.0157. The molecule has 2 N–H and O–H groups in total. The maximum atomic E-state index is 12.2. The molecule has 1 aromatic carbocycles. The summed E-state index contributed by atoms with van der Waals surface area (Å²) in [6.07, 6.45) is 1.09. The third kappa shape index (κ3) is 2.33. The van der Waals surface area contributed by atoms with E-state index in [1.165, 1.54) is 0 Å². The quantitative estimate of drug-likeness (QED) is 0.845. The summed E-state index contributed by atoms with van der Waals surface area (Å²) in [5.41, 5.74) is 0.422. The molecule has 0 saturated heterocycles. The third-order valence-corrected chi connectivity index (χ3v) is 6.88. The van der Waals surface area contributed by atoms with Crippen molar-refractivity contribution in [2.75, 3.05) is 5.32 Å². The Kier molecular flexibility index (Phi) is 3.70. The van der Waals surface area contributed by atoms with E-state index in [4.69, 9.17) is 0 Å². The highest BCUT2D eigenvalue weighted by Gasteiger charge is 2.59. The number of aromatic nitrogens is 3. The predicted molar refractivity (Wildman–Crippen MR) is 101 cm³/mol. The van der Waals surface area contributed by atoms with Gasteiger partial charge in [-0.15, -0.1) is 0 Å². The molecule has 0 unspecified atom stereocenters. The van der Waals surface area contributed by atoms with Crippen LogP contribution in [0.2, 0.25) is 0 Å². The fraction of sp³-hybridized carbons (Fsp3) is 0.500. The lowest BCUT2D eigenvalue weighted by Gasteiger charge is -2.43. The van der Waals surface area contributed by atoms with Crippen LogP contribution in [-0.4, -0.2) is 25.8 Å². The second kappa shape index (κ2) is 5.65. The van der Waals surface area contributed by atoms with Crippen LogP contribution in [0.3, 0.4) is 0 Å². The molecule has 7 nitrogen and oxygen atoms in total. The van der Waals surface area contributed by atoms with Crippen LogP contribution < -0.4 is 10.9 Å². The molecule has 3 atom stereocenters. The van der Waals surface area contributed by atoms with Gasteiger partial charge in [0.1, 0.15) is 11.9 Å². The number of rotatable bonds is 2. The van der Waals surface area contributed by atoms with E-state index in [1.54, 1.807) is 11.6 Å². The molecule has 2 heterocycles. The van der Waals surface area contributed by atoms with Crippen LogP contribution in [0.1, 0.15) is 45.5 Å². The molecule has 1 aliphatic carbocycles. The number of carboxylic acids is 1. The smallest absolute Gasteiger partial charge is 0.309 e. The van der Waals surface area contributed by atoms with Gasteiger partial charge in [0.2, 0.25) is 0 Å². The number of hydrogen-bond donors (Lipinski definition) is 2. The van der Waals surface area contributed by atoms with Crippen molar-refractivity contribution >= 4 is 11.7 Å². The Hall–Kier alpha value is -2.70. The van der Waals surface area contributed by atoms with Gasteiger partial charge in [-0.1, -0.05) is 26.0 Å². The fourth-order valence-electron chi connectivity index (χ4n) is 4.62. The zero-order valence-corrected chi connectivity index (χ0v) is 16.0. The summed E-state index contributed by atoms with van der Waals surface area (Å²) in [6.45, 7) is 7.52. The SMILES string of the molecule is Cc1nn2c(nc1=O)-c1ccccc1N[C@@H]2[C@@H]1CC[C@@](C)(C(=O)O)C1(C)C. The first-order valence-electron chi connectivity index (χ1n) is 9.23. The Morgan fingerprint density at radius 2 is 2.00 bits per heavy atom. The zero-order valence-electron chi connectivity index (χ0n) is 16.0. The third-order valence-electron chi connectivity index (χ3n) is 6.88. The van der Waals surface area contributed by atoms with Crippen LogP contribution in [-0.2, 0) is 4.79 Å². The molecule has 1 aromatic heterocycles. The van der Waals surface area contributed by atoms with Crippen LogP contribution in [0.5, 0.6) is 0 Å². The molecule has 2 aromatic rings. The highest BCUT2D eigenvalue weighted by molar-refractivity contribution is 5.77. The number of para-hydroxylation sites is 1. The average molecular weight is 368 g/mol. The topological polar surface area (TPSA) is 97.1 Å². The van der Waals surface area contributed by atoms with E-state index >= 15 is 0 Å². The summed E-state index contributed by atoms with van der Waals surface area (Å²) in [7, 11) is 0. The van der Waals surface area contributed by atoms with Crippen molar-refractivity contribution in [3.8, 4) is 11.4 Å². The first-order chi connectivity index (χ1) is 12.7. The first kappa shape index (κ1) is 17.7. The molecule has 1 fully saturated rings. The Balaban J connectivity index is 1.88. The normalized spacial score (nSPS) is 28.1. The van der Waals surface area contributed by atoms with Crippen LogP contribution in [0.15, 0.2) is 29.1 Å². The van der Waals surface area contributed by atoms with Gasteiger partial charge in [0.25, 0.3) is 5.56 Å². The van der Waals surface area contributed by atoms with Crippen molar-refractivity contribution in [3.63, 3.8) is 0 Å². The van der Waals surface area contributed by atoms with E-state index in [0.717, 1.165) is 17.7 Å². The van der Waals surface area contributed by atoms with Gasteiger partial charge >= 0.3 is 5.97 Å². The molecule has 0 amide bonds. The maximum Gasteiger partial charge on any atom is 0.309 e. The van der Waals surface area contributed by atoms with E-state index in [0.29, 0.717) is 17.9 Å². The van der Waals surface area contributed by atoms with Crippen molar-refractivity contribution in [2.24, 2.45) is 16.7 Å². The number of fused-ring (bicyclic) bond motifs is 3. The number of aliphatic carboxylic acids is 1. The predicted octanol–water partition coefficient (Wildman–Crippen LogP) is 3.06. The molecule has 0 radical (unpaired) electrons. The van der Waals surface area contributed by atoms with E-state index in [2.05, 4.69) is 15.4 Å². The molecule has 1 aliphatic heterocycles. The number of benzene rings is 1. The van der Waals surface area contributed by atoms with E-state index in [9.17, 15) is 14.7 Å². The summed E-state index contributed by atoms with van der Waals surface area (Å²) < 4.78 is 1.78. The Bertz CT molecular complexity index is 997. The van der Waals surface area contributed by atoms with Crippen molar-refractivity contribution < 1.29 is 9.90 Å². The van der Waals surface area contributed by atoms with Crippen LogP contribution >= 0.6 is 0 Å². The highest BCUT2D eigenvalue weighted by atomic mass is 16.4. The van der Waals surface area contributed by atoms with Gasteiger partial charge in [-0.05, 0) is 44.2 Å². The molecule has 7 heteroatoms. The Morgan fingerprint density at radius 3 is 2.67 bits per heavy atom. The summed E-state index contributed by atoms with van der Waals surface area (Å²) >= 11 is 0. The van der Waals surface area contributed by atoms with Gasteiger partial charge in [-0.25, -0.2) is 4.68 Å². The molecule has 4 rings (SSSR count). The Labute approximate surface area is 157 Å². The summed E-state index contributed by atoms with van der Waals surface area (Å²) in [5.74, 6) is -0.222. The van der Waals surface area contributed by atoms with Crippen LogP contribution in [0, 0.1) is 23.7 Å². The van der Waals surface area contributed by atoms with Gasteiger partial charge in [-0.3, -0.25) is 9.59 Å². The lowest BCUT2D eigenvalue weighted by Crippen LogP contribution is -2.45. The van der Waals surface area contributed by atoms with Gasteiger partial charge in [0.15, 0.2) is 5.82 Å². The number of nitrogens with zero attached hydrogens (tertiary/aromatic N) is 3. The maximum absolute atomic E-state index is 12.2. The number of carboxylic acid groups (broad SMARTS) is 1. The molecule has 0 bridgehead atoms. The standard InChI is InChI=1S/C20H24N4O3/c1-11-17(25)22-15-12-7-5-6-8-14(12)21-16(24(15)23-11)13-9-10-20(4,18(26)27)19(13,2)3/h5-8,13,16,21H,9-10H2,1-4H3,(H,26,27)/t13-,16-,20-/m0/s1. The highest BCUT2D eigenvalue weighted by Crippen LogP contribution is 2.59. The molecule has 0 spiro atoms. The lowest BCUT2D eigenvalue weighted by molar-refractivity contribution is -0.154.